The molecule has 0 fully saturated rings. The van der Waals surface area contributed by atoms with Crippen LogP contribution < -0.4 is 4.74 Å². The monoisotopic (exact) mass is 342 g/mol. The highest BCUT2D eigenvalue weighted by Crippen LogP contribution is 2.28. The fourth-order valence-corrected chi connectivity index (χ4v) is 2.64. The van der Waals surface area contributed by atoms with Crippen molar-refractivity contribution in [1.82, 2.24) is 0 Å². The summed E-state index contributed by atoms with van der Waals surface area (Å²) < 4.78 is 6.23. The van der Waals surface area contributed by atoms with Gasteiger partial charge in [-0.05, 0) is 52.2 Å². The van der Waals surface area contributed by atoms with Gasteiger partial charge in [0.2, 0.25) is 0 Å². The van der Waals surface area contributed by atoms with Gasteiger partial charge in [-0.1, -0.05) is 46.3 Å². The highest BCUT2D eigenvalue weighted by Gasteiger charge is 2.11. The molecule has 2 nitrogen and oxygen atoms in total. The smallest absolute Gasteiger partial charge is 0.119 e. The Hall–Kier alpha value is -1.84. The Morgan fingerprint density at radius 1 is 0.857 bits per heavy atom. The molecule has 0 aromatic heterocycles. The van der Waals surface area contributed by atoms with E-state index in [1.165, 1.54) is 0 Å². The van der Waals surface area contributed by atoms with E-state index >= 15 is 0 Å². The van der Waals surface area contributed by atoms with Crippen LogP contribution in [-0.4, -0.2) is 12.2 Å². The Bertz CT molecular complexity index is 766. The van der Waals surface area contributed by atoms with Crippen LogP contribution in [0.15, 0.2) is 65.1 Å². The summed E-state index contributed by atoms with van der Waals surface area (Å²) in [4.78, 5) is 0. The number of hydrogen-bond donors (Lipinski definition) is 1. The lowest BCUT2D eigenvalue weighted by atomic mass is 9.98. The molecule has 0 aliphatic heterocycles. The molecular formula is C18H15BrO2. The average Bonchev–Trinajstić information content (AvgIpc) is 2.54. The first kappa shape index (κ1) is 14.1. The van der Waals surface area contributed by atoms with Gasteiger partial charge in [-0.3, -0.25) is 0 Å². The molecule has 106 valence electrons. The number of ether oxygens (including phenoxy) is 1. The van der Waals surface area contributed by atoms with Gasteiger partial charge < -0.3 is 9.84 Å². The molecule has 1 atom stereocenters. The first-order valence-corrected chi connectivity index (χ1v) is 7.48. The van der Waals surface area contributed by atoms with Gasteiger partial charge in [0.15, 0.2) is 0 Å². The average molecular weight is 343 g/mol. The van der Waals surface area contributed by atoms with Crippen molar-refractivity contribution in [2.24, 2.45) is 0 Å². The second-order valence-corrected chi connectivity index (χ2v) is 5.84. The normalized spacial score (nSPS) is 12.3. The second-order valence-electron chi connectivity index (χ2n) is 4.93. The van der Waals surface area contributed by atoms with Gasteiger partial charge >= 0.3 is 0 Å². The summed E-state index contributed by atoms with van der Waals surface area (Å²) in [5.41, 5.74) is 1.76. The summed E-state index contributed by atoms with van der Waals surface area (Å²) in [5.74, 6) is 0.837. The third-order valence-electron chi connectivity index (χ3n) is 3.57. The maximum atomic E-state index is 10.5. The molecule has 0 saturated carbocycles. The van der Waals surface area contributed by atoms with Crippen LogP contribution in [0.25, 0.3) is 10.8 Å². The molecule has 0 bridgehead atoms. The minimum atomic E-state index is -0.621. The number of aliphatic hydroxyl groups is 1. The van der Waals surface area contributed by atoms with Gasteiger partial charge in [-0.25, -0.2) is 0 Å². The van der Waals surface area contributed by atoms with Crippen LogP contribution in [0, 0.1) is 0 Å². The van der Waals surface area contributed by atoms with Crippen molar-refractivity contribution in [2.45, 2.75) is 6.10 Å². The van der Waals surface area contributed by atoms with Crippen LogP contribution in [-0.2, 0) is 0 Å². The van der Waals surface area contributed by atoms with Crippen LogP contribution in [0.1, 0.15) is 17.2 Å². The summed E-state index contributed by atoms with van der Waals surface area (Å²) in [6.45, 7) is 0. The molecule has 0 heterocycles. The molecule has 1 unspecified atom stereocenters. The van der Waals surface area contributed by atoms with Crippen molar-refractivity contribution >= 4 is 26.7 Å². The summed E-state index contributed by atoms with van der Waals surface area (Å²) in [5, 5.41) is 12.7. The Labute approximate surface area is 132 Å². The van der Waals surface area contributed by atoms with Crippen LogP contribution in [0.3, 0.4) is 0 Å². The third-order valence-corrected chi connectivity index (χ3v) is 4.10. The minimum absolute atomic E-state index is 0.621. The molecule has 0 aliphatic rings. The van der Waals surface area contributed by atoms with Crippen molar-refractivity contribution in [1.29, 1.82) is 0 Å². The fraction of sp³-hybridized carbons (Fsp3) is 0.111. The molecule has 3 heteroatoms. The molecule has 0 saturated heterocycles. The quantitative estimate of drug-likeness (QED) is 0.747. The zero-order valence-electron chi connectivity index (χ0n) is 11.6. The first-order valence-electron chi connectivity index (χ1n) is 6.68. The van der Waals surface area contributed by atoms with Crippen molar-refractivity contribution in [3.05, 3.63) is 76.3 Å². The van der Waals surface area contributed by atoms with Gasteiger partial charge in [0.05, 0.1) is 7.11 Å². The minimum Gasteiger partial charge on any atom is -0.497 e. The van der Waals surface area contributed by atoms with Crippen molar-refractivity contribution in [2.75, 3.05) is 7.11 Å². The van der Waals surface area contributed by atoms with E-state index in [2.05, 4.69) is 15.9 Å². The highest BCUT2D eigenvalue weighted by atomic mass is 79.9. The van der Waals surface area contributed by atoms with Gasteiger partial charge in [-0.2, -0.15) is 0 Å². The summed E-state index contributed by atoms with van der Waals surface area (Å²) >= 11 is 3.40. The third kappa shape index (κ3) is 2.94. The number of benzene rings is 3. The van der Waals surface area contributed by atoms with Gasteiger partial charge in [0, 0.05) is 4.47 Å². The van der Waals surface area contributed by atoms with E-state index in [4.69, 9.17) is 4.74 Å². The standard InChI is InChI=1S/C18H15BrO2/c1-21-17-9-6-13-10-15(3-2-14(13)11-17)18(20)12-4-7-16(19)8-5-12/h2-11,18,20H,1H3. The lowest BCUT2D eigenvalue weighted by Crippen LogP contribution is -1.99. The molecule has 1 N–H and O–H groups in total. The van der Waals surface area contributed by atoms with Gasteiger partial charge in [0.1, 0.15) is 11.9 Å². The molecule has 0 amide bonds. The predicted octanol–water partition coefficient (Wildman–Crippen LogP) is 4.69. The zero-order chi connectivity index (χ0) is 14.8. The topological polar surface area (TPSA) is 29.5 Å². The van der Waals surface area contributed by atoms with Crippen molar-refractivity contribution in [3.63, 3.8) is 0 Å². The number of halogens is 1. The van der Waals surface area contributed by atoms with Crippen LogP contribution in [0.5, 0.6) is 5.75 Å². The zero-order valence-corrected chi connectivity index (χ0v) is 13.2. The number of rotatable bonds is 3. The number of aliphatic hydroxyl groups excluding tert-OH is 1. The van der Waals surface area contributed by atoms with E-state index in [0.29, 0.717) is 0 Å². The Morgan fingerprint density at radius 2 is 1.48 bits per heavy atom. The molecule has 3 aromatic carbocycles. The fourth-order valence-electron chi connectivity index (χ4n) is 2.38. The molecule has 0 aliphatic carbocycles. The molecule has 0 radical (unpaired) electrons. The molecule has 0 spiro atoms. The number of hydrogen-bond acceptors (Lipinski definition) is 2. The molecular weight excluding hydrogens is 328 g/mol. The molecule has 21 heavy (non-hydrogen) atoms. The van der Waals surface area contributed by atoms with Crippen molar-refractivity contribution in [3.8, 4) is 5.75 Å². The van der Waals surface area contributed by atoms with E-state index < -0.39 is 6.10 Å². The Balaban J connectivity index is 1.98. The number of methoxy groups -OCH3 is 1. The lowest BCUT2D eigenvalue weighted by molar-refractivity contribution is 0.220. The Kier molecular flexibility index (Phi) is 3.95. The maximum Gasteiger partial charge on any atom is 0.119 e. The van der Waals surface area contributed by atoms with E-state index in [-0.39, 0.29) is 0 Å². The van der Waals surface area contributed by atoms with Gasteiger partial charge in [0.25, 0.3) is 0 Å². The van der Waals surface area contributed by atoms with E-state index in [1.807, 2.05) is 60.7 Å². The first-order chi connectivity index (χ1) is 10.2. The Morgan fingerprint density at radius 3 is 2.19 bits per heavy atom. The SMILES string of the molecule is COc1ccc2cc(C(O)c3ccc(Br)cc3)ccc2c1. The highest BCUT2D eigenvalue weighted by molar-refractivity contribution is 9.10. The second kappa shape index (κ2) is 5.88. The number of fused-ring (bicyclic) bond motifs is 1. The largest absolute Gasteiger partial charge is 0.497 e. The van der Waals surface area contributed by atoms with Crippen LogP contribution in [0.4, 0.5) is 0 Å². The van der Waals surface area contributed by atoms with E-state index in [0.717, 1.165) is 32.1 Å². The summed E-state index contributed by atoms with van der Waals surface area (Å²) in [6.07, 6.45) is -0.621. The molecule has 3 rings (SSSR count). The maximum absolute atomic E-state index is 10.5. The van der Waals surface area contributed by atoms with Crippen LogP contribution >= 0.6 is 15.9 Å². The molecule has 3 aromatic rings. The van der Waals surface area contributed by atoms with E-state index in [9.17, 15) is 5.11 Å². The van der Waals surface area contributed by atoms with Crippen molar-refractivity contribution < 1.29 is 9.84 Å². The summed E-state index contributed by atoms with van der Waals surface area (Å²) in [7, 11) is 1.66. The summed E-state index contributed by atoms with van der Waals surface area (Å²) in [6, 6.07) is 19.6. The predicted molar refractivity (Wildman–Crippen MR) is 88.7 cm³/mol. The van der Waals surface area contributed by atoms with E-state index in [1.54, 1.807) is 7.11 Å². The lowest BCUT2D eigenvalue weighted by Gasteiger charge is -2.13. The van der Waals surface area contributed by atoms with Gasteiger partial charge in [-0.15, -0.1) is 0 Å². The van der Waals surface area contributed by atoms with Crippen LogP contribution in [0.2, 0.25) is 0 Å².